The Hall–Kier alpha value is -3.88. The number of pyridine rings is 1. The number of carbonyl (C=O) groups excluding carboxylic acids is 2. The highest BCUT2D eigenvalue weighted by molar-refractivity contribution is 6.06. The number of ketones is 1. The Labute approximate surface area is 194 Å². The third-order valence-corrected chi connectivity index (χ3v) is 5.67. The Balaban J connectivity index is 1.46. The van der Waals surface area contributed by atoms with Crippen LogP contribution < -0.4 is 10.6 Å². The molecule has 1 aliphatic rings. The van der Waals surface area contributed by atoms with Gasteiger partial charge in [0.05, 0.1) is 17.6 Å². The molecule has 2 aromatic heterocycles. The molecule has 0 spiro atoms. The van der Waals surface area contributed by atoms with Crippen molar-refractivity contribution in [1.29, 1.82) is 0 Å². The zero-order valence-electron chi connectivity index (χ0n) is 18.6. The van der Waals surface area contributed by atoms with Crippen LogP contribution >= 0.6 is 0 Å². The molecular formula is C25H23F3N4O2. The van der Waals surface area contributed by atoms with Gasteiger partial charge in [-0.25, -0.2) is 4.98 Å². The fourth-order valence-electron chi connectivity index (χ4n) is 3.73. The van der Waals surface area contributed by atoms with Crippen molar-refractivity contribution in [2.24, 2.45) is 0 Å². The number of anilines is 2. The van der Waals surface area contributed by atoms with Crippen LogP contribution in [0.1, 0.15) is 41.4 Å². The van der Waals surface area contributed by atoms with Crippen molar-refractivity contribution in [2.45, 2.75) is 39.4 Å². The van der Waals surface area contributed by atoms with Crippen LogP contribution in [-0.2, 0) is 11.3 Å². The van der Waals surface area contributed by atoms with Gasteiger partial charge in [0.2, 0.25) is 0 Å². The minimum atomic E-state index is -4.44. The van der Waals surface area contributed by atoms with Crippen molar-refractivity contribution in [1.82, 2.24) is 9.97 Å². The first kappa shape index (κ1) is 23.3. The summed E-state index contributed by atoms with van der Waals surface area (Å²) in [7, 11) is 0. The molecule has 3 aromatic rings. The molecule has 0 fully saturated rings. The van der Waals surface area contributed by atoms with Crippen molar-refractivity contribution in [2.75, 3.05) is 10.6 Å². The van der Waals surface area contributed by atoms with E-state index in [2.05, 4.69) is 20.6 Å². The van der Waals surface area contributed by atoms with Crippen molar-refractivity contribution in [3.05, 3.63) is 76.6 Å². The molecule has 1 aliphatic carbocycles. The minimum absolute atomic E-state index is 0.00892. The molecule has 0 saturated carbocycles. The number of hydrogen-bond acceptors (Lipinski definition) is 4. The fourth-order valence-corrected chi connectivity index (χ4v) is 3.73. The number of aromatic nitrogens is 2. The van der Waals surface area contributed by atoms with Gasteiger partial charge in [0.25, 0.3) is 5.91 Å². The molecule has 34 heavy (non-hydrogen) atoms. The van der Waals surface area contributed by atoms with E-state index in [1.807, 2.05) is 19.1 Å². The molecule has 3 N–H and O–H groups in total. The summed E-state index contributed by atoms with van der Waals surface area (Å²) < 4.78 is 39.0. The molecule has 6 nitrogen and oxygen atoms in total. The Morgan fingerprint density at radius 2 is 1.94 bits per heavy atom. The highest BCUT2D eigenvalue weighted by Gasteiger charge is 2.34. The summed E-state index contributed by atoms with van der Waals surface area (Å²) in [4.78, 5) is 31.4. The molecule has 2 heterocycles. The van der Waals surface area contributed by atoms with Crippen molar-refractivity contribution >= 4 is 34.1 Å². The topological polar surface area (TPSA) is 86.9 Å². The number of hydrogen-bond donors (Lipinski definition) is 3. The summed E-state index contributed by atoms with van der Waals surface area (Å²) in [6, 6.07) is 8.97. The van der Waals surface area contributed by atoms with E-state index in [1.54, 1.807) is 24.4 Å². The average Bonchev–Trinajstić information content (AvgIpc) is 3.23. The van der Waals surface area contributed by atoms with Crippen LogP contribution in [0, 0.1) is 6.92 Å². The normalized spacial score (nSPS) is 13.9. The van der Waals surface area contributed by atoms with Crippen LogP contribution in [0.25, 0.3) is 11.0 Å². The first-order valence-electron chi connectivity index (χ1n) is 10.7. The number of Topliss-reactive ketones (excluding diaryl/α,β-unsaturated/α-hetero) is 1. The van der Waals surface area contributed by atoms with Crippen molar-refractivity contribution in [3.63, 3.8) is 0 Å². The predicted molar refractivity (Wildman–Crippen MR) is 125 cm³/mol. The van der Waals surface area contributed by atoms with Crippen LogP contribution in [0.4, 0.5) is 24.5 Å². The predicted octanol–water partition coefficient (Wildman–Crippen LogP) is 5.83. The first-order valence-corrected chi connectivity index (χ1v) is 10.7. The number of nitrogens with one attached hydrogen (secondary N) is 3. The minimum Gasteiger partial charge on any atom is -0.380 e. The molecule has 0 radical (unpaired) electrons. The molecule has 0 saturated heterocycles. The quantitative estimate of drug-likeness (QED) is 0.397. The lowest BCUT2D eigenvalue weighted by Gasteiger charge is -2.17. The summed E-state index contributed by atoms with van der Waals surface area (Å²) in [5, 5.41) is 6.78. The molecule has 9 heteroatoms. The van der Waals surface area contributed by atoms with E-state index in [9.17, 15) is 22.8 Å². The second kappa shape index (κ2) is 9.17. The zero-order valence-corrected chi connectivity index (χ0v) is 18.6. The maximum atomic E-state index is 13.0. The second-order valence-electron chi connectivity index (χ2n) is 8.22. The number of halogens is 3. The van der Waals surface area contributed by atoms with Crippen LogP contribution in [0.2, 0.25) is 0 Å². The largest absolute Gasteiger partial charge is 0.412 e. The Morgan fingerprint density at radius 3 is 2.68 bits per heavy atom. The van der Waals surface area contributed by atoms with Crippen molar-refractivity contribution < 1.29 is 22.8 Å². The maximum Gasteiger partial charge on any atom is 0.412 e. The fraction of sp³-hybridized carbons (Fsp3) is 0.240. The van der Waals surface area contributed by atoms with Crippen LogP contribution in [0.3, 0.4) is 0 Å². The number of benzene rings is 1. The molecule has 0 unspecified atom stereocenters. The number of carbonyl (C=O) groups is 2. The Bertz CT molecular complexity index is 1340. The second-order valence-corrected chi connectivity index (χ2v) is 8.22. The highest BCUT2D eigenvalue weighted by atomic mass is 19.4. The number of alkyl halides is 3. The van der Waals surface area contributed by atoms with Gasteiger partial charge in [-0.15, -0.1) is 0 Å². The standard InChI is InChI=1S/C25H23F3N4O2/c1-14-6-7-20(31-24(34)16-4-3-5-19(8-16)25(26,27)28)10-18(14)12-29-21-9-17-11-22(15(2)33)32-23(17)30-13-21/h4,6-11,13,29H,3,5,12H2,1-2H3,(H,30,32)(H,31,34). The lowest BCUT2D eigenvalue weighted by molar-refractivity contribution is -0.112. The van der Waals surface area contributed by atoms with Crippen molar-refractivity contribution in [3.8, 4) is 0 Å². The van der Waals surface area contributed by atoms with E-state index in [-0.39, 0.29) is 24.2 Å². The van der Waals surface area contributed by atoms with E-state index >= 15 is 0 Å². The van der Waals surface area contributed by atoms with Gasteiger partial charge in [-0.1, -0.05) is 12.1 Å². The molecular weight excluding hydrogens is 445 g/mol. The third-order valence-electron chi connectivity index (χ3n) is 5.67. The maximum absolute atomic E-state index is 13.0. The number of rotatable bonds is 6. The first-order chi connectivity index (χ1) is 16.1. The smallest absolute Gasteiger partial charge is 0.380 e. The van der Waals surface area contributed by atoms with Crippen LogP contribution in [-0.4, -0.2) is 27.8 Å². The lowest BCUT2D eigenvalue weighted by atomic mass is 9.98. The summed E-state index contributed by atoms with van der Waals surface area (Å²) in [5.74, 6) is -0.649. The number of aromatic amines is 1. The Kier molecular flexibility index (Phi) is 6.28. The van der Waals surface area contributed by atoms with Gasteiger partial charge in [-0.05, 0) is 61.2 Å². The number of allylic oxidation sites excluding steroid dienone is 2. The molecule has 0 bridgehead atoms. The number of amides is 1. The van der Waals surface area contributed by atoms with Gasteiger partial charge < -0.3 is 15.6 Å². The summed E-state index contributed by atoms with van der Waals surface area (Å²) in [6.45, 7) is 3.85. The average molecular weight is 468 g/mol. The van der Waals surface area contributed by atoms with Gasteiger partial charge in [0.15, 0.2) is 5.78 Å². The number of fused-ring (bicyclic) bond motifs is 1. The van der Waals surface area contributed by atoms with E-state index < -0.39 is 17.7 Å². The zero-order chi connectivity index (χ0) is 24.5. The highest BCUT2D eigenvalue weighted by Crippen LogP contribution is 2.33. The molecule has 0 aliphatic heterocycles. The van der Waals surface area contributed by atoms with E-state index in [0.717, 1.165) is 28.3 Å². The van der Waals surface area contributed by atoms with E-state index in [0.29, 0.717) is 23.6 Å². The molecule has 176 valence electrons. The summed E-state index contributed by atoms with van der Waals surface area (Å²) >= 11 is 0. The number of H-pyrrole nitrogens is 1. The summed E-state index contributed by atoms with van der Waals surface area (Å²) in [6.07, 6.45) is -0.303. The summed E-state index contributed by atoms with van der Waals surface area (Å²) in [5.41, 5.74) is 3.56. The monoisotopic (exact) mass is 468 g/mol. The number of aryl methyl sites for hydroxylation is 1. The molecule has 4 rings (SSSR count). The van der Waals surface area contributed by atoms with Gasteiger partial charge in [0.1, 0.15) is 5.65 Å². The third kappa shape index (κ3) is 5.19. The number of nitrogens with zero attached hydrogens (tertiary/aromatic N) is 1. The van der Waals surface area contributed by atoms with Gasteiger partial charge in [0, 0.05) is 35.7 Å². The van der Waals surface area contributed by atoms with Crippen LogP contribution in [0.5, 0.6) is 0 Å². The molecule has 1 amide bonds. The van der Waals surface area contributed by atoms with Crippen LogP contribution in [0.15, 0.2) is 59.8 Å². The van der Waals surface area contributed by atoms with Gasteiger partial charge in [-0.2, -0.15) is 13.2 Å². The molecule has 0 atom stereocenters. The molecule has 1 aromatic carbocycles. The van der Waals surface area contributed by atoms with Gasteiger partial charge in [-0.3, -0.25) is 9.59 Å². The van der Waals surface area contributed by atoms with E-state index in [4.69, 9.17) is 0 Å². The Morgan fingerprint density at radius 1 is 1.15 bits per heavy atom. The lowest BCUT2D eigenvalue weighted by Crippen LogP contribution is -2.19. The SMILES string of the molecule is CC(=O)c1cc2cc(NCc3cc(NC(=O)C4=CCCC(C(F)(F)F)=C4)ccc3C)cnc2[nH]1. The van der Waals surface area contributed by atoms with Gasteiger partial charge >= 0.3 is 6.18 Å². The van der Waals surface area contributed by atoms with E-state index in [1.165, 1.54) is 13.0 Å².